The van der Waals surface area contributed by atoms with E-state index in [1.54, 1.807) is 6.92 Å². The Hall–Kier alpha value is -1.39. The van der Waals surface area contributed by atoms with Crippen molar-refractivity contribution in [2.45, 2.75) is 51.6 Å². The molecule has 0 aliphatic carbocycles. The first-order chi connectivity index (χ1) is 11.1. The molecule has 3 rings (SSSR count). The van der Waals surface area contributed by atoms with E-state index in [0.717, 1.165) is 43.6 Å². The van der Waals surface area contributed by atoms with Gasteiger partial charge in [0.2, 0.25) is 5.91 Å². The minimum absolute atomic E-state index is 0.101. The highest BCUT2D eigenvalue weighted by atomic mass is 16.3. The summed E-state index contributed by atoms with van der Waals surface area (Å²) in [6.07, 6.45) is 6.29. The van der Waals surface area contributed by atoms with Crippen molar-refractivity contribution >= 4 is 11.6 Å². The second kappa shape index (κ2) is 7.45. The standard InChI is InChI=1S/C19H28N2O2/c1-15(22)21-12-5-6-16-14-17(7-8-18(16)21)19(23)9-13-20-10-3-2-4-11-20/h7-8,14,19,23H,2-6,9-13H2,1H3. The molecule has 1 unspecified atom stereocenters. The third-order valence-electron chi connectivity index (χ3n) is 5.15. The summed E-state index contributed by atoms with van der Waals surface area (Å²) in [5.41, 5.74) is 3.21. The van der Waals surface area contributed by atoms with Gasteiger partial charge in [-0.2, -0.15) is 0 Å². The Labute approximate surface area is 139 Å². The summed E-state index contributed by atoms with van der Waals surface area (Å²) in [7, 11) is 0. The highest BCUT2D eigenvalue weighted by Gasteiger charge is 2.21. The van der Waals surface area contributed by atoms with Crippen LogP contribution in [0.2, 0.25) is 0 Å². The lowest BCUT2D eigenvalue weighted by molar-refractivity contribution is -0.116. The molecule has 2 aliphatic heterocycles. The first-order valence-corrected chi connectivity index (χ1v) is 8.96. The van der Waals surface area contributed by atoms with Crippen LogP contribution in [-0.4, -0.2) is 42.1 Å². The second-order valence-electron chi connectivity index (χ2n) is 6.87. The molecule has 1 N–H and O–H groups in total. The number of amides is 1. The van der Waals surface area contributed by atoms with Crippen molar-refractivity contribution in [1.29, 1.82) is 0 Å². The van der Waals surface area contributed by atoms with Crippen molar-refractivity contribution in [3.05, 3.63) is 29.3 Å². The van der Waals surface area contributed by atoms with E-state index >= 15 is 0 Å². The number of likely N-dealkylation sites (tertiary alicyclic amines) is 1. The number of fused-ring (bicyclic) bond motifs is 1. The Morgan fingerprint density at radius 2 is 1.96 bits per heavy atom. The van der Waals surface area contributed by atoms with E-state index in [4.69, 9.17) is 0 Å². The summed E-state index contributed by atoms with van der Waals surface area (Å²) in [6.45, 7) is 5.74. The summed E-state index contributed by atoms with van der Waals surface area (Å²) < 4.78 is 0. The van der Waals surface area contributed by atoms with Gasteiger partial charge in [-0.1, -0.05) is 18.6 Å². The summed E-state index contributed by atoms with van der Waals surface area (Å²) in [4.78, 5) is 16.0. The Balaban J connectivity index is 1.64. The molecule has 0 spiro atoms. The Morgan fingerprint density at radius 1 is 1.17 bits per heavy atom. The first-order valence-electron chi connectivity index (χ1n) is 8.96. The molecule has 1 saturated heterocycles. The molecule has 2 heterocycles. The Kier molecular flexibility index (Phi) is 5.34. The second-order valence-corrected chi connectivity index (χ2v) is 6.87. The van der Waals surface area contributed by atoms with Crippen LogP contribution in [0.25, 0.3) is 0 Å². The molecular formula is C19H28N2O2. The number of carbonyl (C=O) groups excluding carboxylic acids is 1. The molecule has 126 valence electrons. The predicted octanol–water partition coefficient (Wildman–Crippen LogP) is 2.90. The first kappa shape index (κ1) is 16.5. The molecule has 23 heavy (non-hydrogen) atoms. The molecule has 1 amide bonds. The maximum absolute atomic E-state index is 11.7. The topological polar surface area (TPSA) is 43.8 Å². The molecule has 1 aromatic carbocycles. The van der Waals surface area contributed by atoms with Crippen LogP contribution in [0.3, 0.4) is 0 Å². The lowest BCUT2D eigenvalue weighted by Crippen LogP contribution is -2.33. The van der Waals surface area contributed by atoms with E-state index in [1.807, 2.05) is 17.0 Å². The fourth-order valence-electron chi connectivity index (χ4n) is 3.81. The number of aliphatic hydroxyl groups excluding tert-OH is 1. The molecule has 0 radical (unpaired) electrons. The summed E-state index contributed by atoms with van der Waals surface area (Å²) in [6, 6.07) is 6.10. The number of rotatable bonds is 4. The number of hydrogen-bond acceptors (Lipinski definition) is 3. The molecule has 0 saturated carbocycles. The zero-order valence-corrected chi connectivity index (χ0v) is 14.1. The molecule has 4 nitrogen and oxygen atoms in total. The summed E-state index contributed by atoms with van der Waals surface area (Å²) in [5, 5.41) is 10.5. The average molecular weight is 316 g/mol. The zero-order valence-electron chi connectivity index (χ0n) is 14.1. The van der Waals surface area contributed by atoms with Gasteiger partial charge >= 0.3 is 0 Å². The smallest absolute Gasteiger partial charge is 0.223 e. The van der Waals surface area contributed by atoms with Gasteiger partial charge in [0.15, 0.2) is 0 Å². The minimum Gasteiger partial charge on any atom is -0.388 e. The lowest BCUT2D eigenvalue weighted by Gasteiger charge is -2.30. The molecule has 0 bridgehead atoms. The van der Waals surface area contributed by atoms with Crippen molar-refractivity contribution in [3.8, 4) is 0 Å². The number of hydrogen-bond donors (Lipinski definition) is 1. The minimum atomic E-state index is -0.407. The van der Waals surface area contributed by atoms with E-state index < -0.39 is 6.10 Å². The van der Waals surface area contributed by atoms with Gasteiger partial charge in [0.05, 0.1) is 6.10 Å². The average Bonchev–Trinajstić information content (AvgIpc) is 2.59. The largest absolute Gasteiger partial charge is 0.388 e. The summed E-state index contributed by atoms with van der Waals surface area (Å²) in [5.74, 6) is 0.101. The van der Waals surface area contributed by atoms with Crippen molar-refractivity contribution < 1.29 is 9.90 Å². The lowest BCUT2D eigenvalue weighted by atomic mass is 9.96. The van der Waals surface area contributed by atoms with Gasteiger partial charge in [-0.05, 0) is 62.4 Å². The summed E-state index contributed by atoms with van der Waals surface area (Å²) >= 11 is 0. The molecule has 0 aromatic heterocycles. The third kappa shape index (κ3) is 3.93. The number of nitrogens with zero attached hydrogens (tertiary/aromatic N) is 2. The molecule has 1 fully saturated rings. The number of piperidine rings is 1. The number of aliphatic hydroxyl groups is 1. The van der Waals surface area contributed by atoms with E-state index in [-0.39, 0.29) is 5.91 Å². The monoisotopic (exact) mass is 316 g/mol. The zero-order chi connectivity index (χ0) is 16.2. The molecule has 4 heteroatoms. The maximum Gasteiger partial charge on any atom is 0.223 e. The number of aryl methyl sites for hydroxylation is 1. The Morgan fingerprint density at radius 3 is 2.70 bits per heavy atom. The quantitative estimate of drug-likeness (QED) is 0.929. The number of benzene rings is 1. The third-order valence-corrected chi connectivity index (χ3v) is 5.15. The van der Waals surface area contributed by atoms with Crippen molar-refractivity contribution in [3.63, 3.8) is 0 Å². The maximum atomic E-state index is 11.7. The number of carbonyl (C=O) groups is 1. The molecule has 1 aromatic rings. The van der Waals surface area contributed by atoms with Crippen LogP contribution in [0.4, 0.5) is 5.69 Å². The van der Waals surface area contributed by atoms with Crippen molar-refractivity contribution in [1.82, 2.24) is 4.90 Å². The predicted molar refractivity (Wildman–Crippen MR) is 92.7 cm³/mol. The van der Waals surface area contributed by atoms with E-state index in [2.05, 4.69) is 11.0 Å². The molecule has 1 atom stereocenters. The van der Waals surface area contributed by atoms with Crippen LogP contribution in [0.5, 0.6) is 0 Å². The number of anilines is 1. The van der Waals surface area contributed by atoms with Gasteiger partial charge < -0.3 is 14.9 Å². The van der Waals surface area contributed by atoms with Crippen LogP contribution >= 0.6 is 0 Å². The van der Waals surface area contributed by atoms with Crippen LogP contribution in [0, 0.1) is 0 Å². The van der Waals surface area contributed by atoms with Crippen LogP contribution < -0.4 is 4.90 Å². The van der Waals surface area contributed by atoms with Crippen LogP contribution in [0.1, 0.15) is 56.3 Å². The SMILES string of the molecule is CC(=O)N1CCCc2cc(C(O)CCN3CCCCC3)ccc21. The van der Waals surface area contributed by atoms with Crippen LogP contribution in [-0.2, 0) is 11.2 Å². The van der Waals surface area contributed by atoms with Crippen LogP contribution in [0.15, 0.2) is 18.2 Å². The van der Waals surface area contributed by atoms with Crippen molar-refractivity contribution in [2.75, 3.05) is 31.1 Å². The van der Waals surface area contributed by atoms with E-state index in [9.17, 15) is 9.90 Å². The van der Waals surface area contributed by atoms with Gasteiger partial charge in [0, 0.05) is 25.7 Å². The highest BCUT2D eigenvalue weighted by molar-refractivity contribution is 5.92. The van der Waals surface area contributed by atoms with Gasteiger partial charge in [-0.3, -0.25) is 4.79 Å². The Bertz CT molecular complexity index is 552. The van der Waals surface area contributed by atoms with E-state index in [1.165, 1.54) is 37.9 Å². The fourth-order valence-corrected chi connectivity index (χ4v) is 3.81. The fraction of sp³-hybridized carbons (Fsp3) is 0.632. The van der Waals surface area contributed by atoms with Crippen molar-refractivity contribution in [2.24, 2.45) is 0 Å². The molecule has 2 aliphatic rings. The van der Waals surface area contributed by atoms with Gasteiger partial charge in [-0.25, -0.2) is 0 Å². The highest BCUT2D eigenvalue weighted by Crippen LogP contribution is 2.30. The van der Waals surface area contributed by atoms with Gasteiger partial charge in [0.25, 0.3) is 0 Å². The van der Waals surface area contributed by atoms with Gasteiger partial charge in [0.1, 0.15) is 0 Å². The van der Waals surface area contributed by atoms with E-state index in [0.29, 0.717) is 0 Å². The normalized spacial score (nSPS) is 20.2. The van der Waals surface area contributed by atoms with Gasteiger partial charge in [-0.15, -0.1) is 0 Å². The molecular weight excluding hydrogens is 288 g/mol.